The molecular formula is C60H34BNOS2. The average molecular weight is 860 g/mol. The van der Waals surface area contributed by atoms with Gasteiger partial charge in [-0.05, 0) is 140 Å². The average Bonchev–Trinajstić information content (AvgIpc) is 4.06. The lowest BCUT2D eigenvalue weighted by Crippen LogP contribution is -2.59. The highest BCUT2D eigenvalue weighted by Crippen LogP contribution is 2.49. The molecule has 0 saturated heterocycles. The highest BCUT2D eigenvalue weighted by atomic mass is 32.1. The molecule has 13 aromatic rings. The van der Waals surface area contributed by atoms with E-state index in [-0.39, 0.29) is 6.85 Å². The fraction of sp³-hybridized carbons (Fsp3) is 0. The van der Waals surface area contributed by atoms with Gasteiger partial charge in [0, 0.05) is 73.6 Å². The largest absolute Gasteiger partial charge is 0.456 e. The monoisotopic (exact) mass is 859 g/mol. The minimum absolute atomic E-state index is 0.00240. The van der Waals surface area contributed by atoms with E-state index in [0.29, 0.717) is 0 Å². The molecule has 2 aliphatic rings. The van der Waals surface area contributed by atoms with Crippen molar-refractivity contribution in [3.05, 3.63) is 206 Å². The Morgan fingerprint density at radius 3 is 1.43 bits per heavy atom. The van der Waals surface area contributed by atoms with E-state index < -0.39 is 0 Å². The number of hydrogen-bond donors (Lipinski definition) is 0. The van der Waals surface area contributed by atoms with Gasteiger partial charge in [0.1, 0.15) is 11.2 Å². The number of furan rings is 1. The van der Waals surface area contributed by atoms with E-state index in [1.165, 1.54) is 118 Å². The molecule has 0 bridgehead atoms. The van der Waals surface area contributed by atoms with E-state index in [4.69, 9.17) is 4.42 Å². The van der Waals surface area contributed by atoms with E-state index in [9.17, 15) is 0 Å². The number of hydrogen-bond acceptors (Lipinski definition) is 4. The smallest absolute Gasteiger partial charge is 0.329 e. The van der Waals surface area contributed by atoms with Gasteiger partial charge in [0.05, 0.1) is 0 Å². The molecule has 0 unspecified atom stereocenters. The van der Waals surface area contributed by atoms with Crippen LogP contribution in [-0.4, -0.2) is 6.85 Å². The van der Waals surface area contributed by atoms with Crippen molar-refractivity contribution in [1.82, 2.24) is 0 Å². The van der Waals surface area contributed by atoms with Crippen molar-refractivity contribution in [1.29, 1.82) is 0 Å². The van der Waals surface area contributed by atoms with Gasteiger partial charge < -0.3 is 9.23 Å². The summed E-state index contributed by atoms with van der Waals surface area (Å²) in [5.41, 5.74) is 19.3. The van der Waals surface area contributed by atoms with Crippen LogP contribution in [-0.2, 0) is 0 Å². The molecule has 15 rings (SSSR count). The molecule has 2 nitrogen and oxygen atoms in total. The minimum atomic E-state index is -0.00240. The van der Waals surface area contributed by atoms with Gasteiger partial charge in [0.25, 0.3) is 0 Å². The zero-order valence-electron chi connectivity index (χ0n) is 34.9. The summed E-state index contributed by atoms with van der Waals surface area (Å²) < 4.78 is 11.5. The molecule has 3 aromatic heterocycles. The highest BCUT2D eigenvalue weighted by Gasteiger charge is 2.42. The van der Waals surface area contributed by atoms with E-state index in [1.54, 1.807) is 0 Å². The first-order valence-corrected chi connectivity index (χ1v) is 23.9. The SMILES string of the molecule is c1ccc2c(c1)B1c3ccc(-c4ccc5sc6ccccc6c5c4)cc3-c3cc(-c4ccc5sc6ccccc6c5c4)ccc3N1c1ccc(-c3ccc4oc5ccccc5c4c3)cc1-2. The Morgan fingerprint density at radius 2 is 0.754 bits per heavy atom. The predicted octanol–water partition coefficient (Wildman–Crippen LogP) is 16.2. The van der Waals surface area contributed by atoms with Crippen molar-refractivity contribution in [2.75, 3.05) is 4.81 Å². The topological polar surface area (TPSA) is 16.4 Å². The van der Waals surface area contributed by atoms with Gasteiger partial charge in [-0.2, -0.15) is 0 Å². The van der Waals surface area contributed by atoms with Crippen LogP contribution in [0.4, 0.5) is 11.4 Å². The van der Waals surface area contributed by atoms with E-state index >= 15 is 0 Å². The summed E-state index contributed by atoms with van der Waals surface area (Å²) in [7, 11) is 0. The maximum absolute atomic E-state index is 6.23. The van der Waals surface area contributed by atoms with Crippen LogP contribution in [0.5, 0.6) is 0 Å². The maximum atomic E-state index is 6.23. The molecule has 5 heterocycles. The molecule has 0 saturated carbocycles. The molecule has 0 atom stereocenters. The second kappa shape index (κ2) is 13.4. The molecule has 0 spiro atoms. The number of benzene rings is 10. The molecule has 300 valence electrons. The molecule has 0 radical (unpaired) electrons. The summed E-state index contributed by atoms with van der Waals surface area (Å²) in [4.78, 5) is 2.62. The van der Waals surface area contributed by atoms with E-state index in [1.807, 2.05) is 28.7 Å². The molecule has 2 aliphatic heterocycles. The number of rotatable bonds is 3. The van der Waals surface area contributed by atoms with Crippen LogP contribution < -0.4 is 15.7 Å². The van der Waals surface area contributed by atoms with Crippen molar-refractivity contribution >= 4 is 114 Å². The molecular weight excluding hydrogens is 826 g/mol. The summed E-state index contributed by atoms with van der Waals surface area (Å²) in [5, 5.41) is 7.57. The van der Waals surface area contributed by atoms with E-state index in [0.717, 1.165) is 21.9 Å². The first-order valence-electron chi connectivity index (χ1n) is 22.2. The van der Waals surface area contributed by atoms with Gasteiger partial charge >= 0.3 is 6.85 Å². The lowest BCUT2D eigenvalue weighted by atomic mass is 9.43. The third-order valence-electron chi connectivity index (χ3n) is 14.1. The second-order valence-electron chi connectivity index (χ2n) is 17.6. The molecule has 0 N–H and O–H groups in total. The number of nitrogens with zero attached hydrogens (tertiary/aromatic N) is 1. The minimum Gasteiger partial charge on any atom is -0.456 e. The number of para-hydroxylation sites is 1. The van der Waals surface area contributed by atoms with Gasteiger partial charge in [0.15, 0.2) is 0 Å². The zero-order valence-corrected chi connectivity index (χ0v) is 36.5. The van der Waals surface area contributed by atoms with Gasteiger partial charge in [0.2, 0.25) is 0 Å². The zero-order chi connectivity index (χ0) is 42.3. The Labute approximate surface area is 383 Å². The summed E-state index contributed by atoms with van der Waals surface area (Å²) >= 11 is 3.74. The first kappa shape index (κ1) is 35.7. The summed E-state index contributed by atoms with van der Waals surface area (Å²) in [5.74, 6) is 0. The number of thiophene rings is 2. The molecule has 5 heteroatoms. The van der Waals surface area contributed by atoms with Gasteiger partial charge in [-0.25, -0.2) is 0 Å². The van der Waals surface area contributed by atoms with Gasteiger partial charge in [-0.15, -0.1) is 22.7 Å². The molecule has 0 aliphatic carbocycles. The first-order chi connectivity index (χ1) is 32.2. The summed E-state index contributed by atoms with van der Waals surface area (Å²) in [6, 6.07) is 77.1. The van der Waals surface area contributed by atoms with Crippen LogP contribution in [0, 0.1) is 0 Å². The predicted molar refractivity (Wildman–Crippen MR) is 280 cm³/mol. The standard InChI is InChI=1S/C60H34BNOS2/c1-5-13-51-41(9-1)46-30-36(38-20-26-56-48(32-38)42-10-2-6-14-55(42)63-56)18-24-53(46)62-54-25-19-37(40-22-28-60-50(34-40)44-12-4-8-16-58(44)65-60)31-47(54)45-29-35(17-23-52(45)61(51)62)39-21-27-59-49(33-39)43-11-3-7-15-57(43)64-59/h1-34H. The van der Waals surface area contributed by atoms with Crippen molar-refractivity contribution in [3.63, 3.8) is 0 Å². The van der Waals surface area contributed by atoms with Gasteiger partial charge in [-0.3, -0.25) is 0 Å². The number of fused-ring (bicyclic) bond motifs is 20. The summed E-state index contributed by atoms with van der Waals surface area (Å²) in [6.45, 7) is -0.00240. The Bertz CT molecular complexity index is 4170. The lowest BCUT2D eigenvalue weighted by molar-refractivity contribution is 0.669. The van der Waals surface area contributed by atoms with Crippen LogP contribution in [0.3, 0.4) is 0 Å². The molecule has 10 aromatic carbocycles. The Kier molecular flexibility index (Phi) is 7.37. The van der Waals surface area contributed by atoms with Crippen LogP contribution in [0.1, 0.15) is 0 Å². The molecule has 65 heavy (non-hydrogen) atoms. The summed E-state index contributed by atoms with van der Waals surface area (Å²) in [6.07, 6.45) is 0. The normalized spacial score (nSPS) is 12.9. The van der Waals surface area contributed by atoms with Crippen molar-refractivity contribution in [2.45, 2.75) is 0 Å². The molecule has 0 fully saturated rings. The number of anilines is 2. The second-order valence-corrected chi connectivity index (χ2v) is 19.7. The van der Waals surface area contributed by atoms with E-state index in [2.05, 4.69) is 205 Å². The van der Waals surface area contributed by atoms with Crippen molar-refractivity contribution in [3.8, 4) is 55.6 Å². The van der Waals surface area contributed by atoms with Crippen molar-refractivity contribution in [2.24, 2.45) is 0 Å². The Hall–Kier alpha value is -7.70. The molecule has 0 amide bonds. The lowest BCUT2D eigenvalue weighted by Gasteiger charge is -2.43. The maximum Gasteiger partial charge on any atom is 0.329 e. The van der Waals surface area contributed by atoms with Gasteiger partial charge in [-0.1, -0.05) is 121 Å². The van der Waals surface area contributed by atoms with Crippen LogP contribution in [0.25, 0.3) is 118 Å². The Morgan fingerprint density at radius 1 is 0.308 bits per heavy atom. The third kappa shape index (κ3) is 5.22. The Balaban J connectivity index is 0.934. The fourth-order valence-electron chi connectivity index (χ4n) is 11.0. The fourth-order valence-corrected chi connectivity index (χ4v) is 13.2. The quantitative estimate of drug-likeness (QED) is 0.165. The van der Waals surface area contributed by atoms with Crippen LogP contribution in [0.2, 0.25) is 0 Å². The third-order valence-corrected chi connectivity index (χ3v) is 16.4. The van der Waals surface area contributed by atoms with Crippen molar-refractivity contribution < 1.29 is 4.42 Å². The van der Waals surface area contributed by atoms with Crippen LogP contribution >= 0.6 is 22.7 Å². The highest BCUT2D eigenvalue weighted by molar-refractivity contribution is 7.26. The van der Waals surface area contributed by atoms with Crippen LogP contribution in [0.15, 0.2) is 211 Å².